The van der Waals surface area contributed by atoms with E-state index in [1.54, 1.807) is 11.8 Å². The van der Waals surface area contributed by atoms with Gasteiger partial charge in [-0.2, -0.15) is 4.98 Å². The molecule has 1 aromatic heterocycles. The van der Waals surface area contributed by atoms with E-state index < -0.39 is 11.5 Å². The lowest BCUT2D eigenvalue weighted by Crippen LogP contribution is -2.49. The fourth-order valence-electron chi connectivity index (χ4n) is 4.64. The summed E-state index contributed by atoms with van der Waals surface area (Å²) in [6, 6.07) is 7.45. The second-order valence-electron chi connectivity index (χ2n) is 8.43. The predicted octanol–water partition coefficient (Wildman–Crippen LogP) is 3.50. The van der Waals surface area contributed by atoms with Gasteiger partial charge in [0.15, 0.2) is 5.82 Å². The van der Waals surface area contributed by atoms with Crippen molar-refractivity contribution in [3.8, 4) is 5.75 Å². The molecule has 0 radical (unpaired) electrons. The van der Waals surface area contributed by atoms with Gasteiger partial charge in [-0.05, 0) is 31.9 Å². The van der Waals surface area contributed by atoms with Crippen LogP contribution in [0.2, 0.25) is 0 Å². The minimum absolute atomic E-state index is 0.0716. The van der Waals surface area contributed by atoms with E-state index in [2.05, 4.69) is 15.5 Å². The highest BCUT2D eigenvalue weighted by atomic mass is 16.5. The van der Waals surface area contributed by atoms with Crippen LogP contribution in [-0.4, -0.2) is 35.1 Å². The molecule has 2 fully saturated rings. The largest absolute Gasteiger partial charge is 0.492 e. The van der Waals surface area contributed by atoms with Crippen molar-refractivity contribution in [1.82, 2.24) is 15.5 Å². The molecule has 1 saturated heterocycles. The maximum absolute atomic E-state index is 13.3. The number of anilines is 1. The standard InChI is InChI=1S/C23H30N4O4/c1-3-30-19-11-7-6-10-18(19)27-15-17(14-20(27)28)21(29)25-23(12-8-4-5-9-13-23)22-24-16(2)31-26-22/h6-7,10-11,17H,3-5,8-9,12-15H2,1-2H3,(H,25,29). The second-order valence-corrected chi connectivity index (χ2v) is 8.43. The zero-order valence-electron chi connectivity index (χ0n) is 18.2. The van der Waals surface area contributed by atoms with Crippen LogP contribution in [0.25, 0.3) is 0 Å². The number of carbonyl (C=O) groups excluding carboxylic acids is 2. The number of hydrogen-bond donors (Lipinski definition) is 1. The average molecular weight is 427 g/mol. The van der Waals surface area contributed by atoms with Crippen molar-refractivity contribution in [2.24, 2.45) is 5.92 Å². The molecule has 31 heavy (non-hydrogen) atoms. The molecular formula is C23H30N4O4. The van der Waals surface area contributed by atoms with Crippen molar-refractivity contribution in [2.45, 2.75) is 64.3 Å². The summed E-state index contributed by atoms with van der Waals surface area (Å²) in [7, 11) is 0. The van der Waals surface area contributed by atoms with E-state index in [4.69, 9.17) is 9.26 Å². The Morgan fingerprint density at radius 1 is 1.26 bits per heavy atom. The third kappa shape index (κ3) is 4.43. The van der Waals surface area contributed by atoms with Crippen LogP contribution < -0.4 is 15.0 Å². The van der Waals surface area contributed by atoms with E-state index in [0.29, 0.717) is 36.3 Å². The highest BCUT2D eigenvalue weighted by Crippen LogP contribution is 2.37. The van der Waals surface area contributed by atoms with Crippen molar-refractivity contribution in [3.05, 3.63) is 36.0 Å². The van der Waals surface area contributed by atoms with Gasteiger partial charge in [-0.1, -0.05) is 43.0 Å². The van der Waals surface area contributed by atoms with E-state index in [1.807, 2.05) is 31.2 Å². The van der Waals surface area contributed by atoms with E-state index >= 15 is 0 Å². The maximum atomic E-state index is 13.3. The van der Waals surface area contributed by atoms with Crippen molar-refractivity contribution >= 4 is 17.5 Å². The number of para-hydroxylation sites is 2. The molecule has 4 rings (SSSR count). The van der Waals surface area contributed by atoms with Crippen LogP contribution in [0.5, 0.6) is 5.75 Å². The fraction of sp³-hybridized carbons (Fsp3) is 0.565. The third-order valence-corrected chi connectivity index (χ3v) is 6.23. The fourth-order valence-corrected chi connectivity index (χ4v) is 4.64. The molecule has 0 spiro atoms. The Bertz CT molecular complexity index is 933. The van der Waals surface area contributed by atoms with Crippen LogP contribution in [0.15, 0.2) is 28.8 Å². The van der Waals surface area contributed by atoms with Crippen molar-refractivity contribution < 1.29 is 18.8 Å². The lowest BCUT2D eigenvalue weighted by atomic mass is 9.88. The third-order valence-electron chi connectivity index (χ3n) is 6.23. The van der Waals surface area contributed by atoms with Gasteiger partial charge in [-0.25, -0.2) is 0 Å². The van der Waals surface area contributed by atoms with Gasteiger partial charge in [-0.3, -0.25) is 9.59 Å². The summed E-state index contributed by atoms with van der Waals surface area (Å²) in [4.78, 5) is 32.2. The van der Waals surface area contributed by atoms with E-state index in [1.165, 1.54) is 0 Å². The van der Waals surface area contributed by atoms with Crippen molar-refractivity contribution in [3.63, 3.8) is 0 Å². The Kier molecular flexibility index (Phi) is 6.25. The Hall–Kier alpha value is -2.90. The molecule has 2 amide bonds. The maximum Gasteiger partial charge on any atom is 0.227 e. The molecule has 1 aromatic carbocycles. The molecule has 1 saturated carbocycles. The molecule has 2 aromatic rings. The summed E-state index contributed by atoms with van der Waals surface area (Å²) in [5.41, 5.74) is 0.0769. The molecule has 8 nitrogen and oxygen atoms in total. The number of aryl methyl sites for hydroxylation is 1. The first-order chi connectivity index (χ1) is 15.0. The summed E-state index contributed by atoms with van der Waals surface area (Å²) < 4.78 is 10.9. The first-order valence-electron chi connectivity index (χ1n) is 11.2. The van der Waals surface area contributed by atoms with Crippen LogP contribution in [0.4, 0.5) is 5.69 Å². The van der Waals surface area contributed by atoms with Crippen molar-refractivity contribution in [1.29, 1.82) is 0 Å². The van der Waals surface area contributed by atoms with Crippen LogP contribution in [0.3, 0.4) is 0 Å². The van der Waals surface area contributed by atoms with Gasteiger partial charge in [0.1, 0.15) is 11.3 Å². The zero-order valence-corrected chi connectivity index (χ0v) is 18.2. The molecule has 0 bridgehead atoms. The molecule has 8 heteroatoms. The number of carbonyl (C=O) groups is 2. The normalized spacial score (nSPS) is 21.0. The second kappa shape index (κ2) is 9.08. The number of nitrogens with one attached hydrogen (secondary N) is 1. The van der Waals surface area contributed by atoms with E-state index in [0.717, 1.165) is 38.5 Å². The quantitative estimate of drug-likeness (QED) is 0.710. The van der Waals surface area contributed by atoms with Crippen LogP contribution in [0.1, 0.15) is 63.6 Å². The number of rotatable bonds is 6. The number of nitrogens with zero attached hydrogens (tertiary/aromatic N) is 3. The Morgan fingerprint density at radius 2 is 2.00 bits per heavy atom. The minimum Gasteiger partial charge on any atom is -0.492 e. The number of amides is 2. The number of hydrogen-bond acceptors (Lipinski definition) is 6. The zero-order chi connectivity index (χ0) is 21.8. The summed E-state index contributed by atoms with van der Waals surface area (Å²) in [6.07, 6.45) is 5.95. The van der Waals surface area contributed by atoms with Gasteiger partial charge in [0, 0.05) is 19.9 Å². The molecule has 1 aliphatic heterocycles. The summed E-state index contributed by atoms with van der Waals surface area (Å²) in [5, 5.41) is 7.39. The van der Waals surface area contributed by atoms with Crippen LogP contribution in [0, 0.1) is 12.8 Å². The SMILES string of the molecule is CCOc1ccccc1N1CC(C(=O)NC2(c3noc(C)n3)CCCCCC2)CC1=O. The molecule has 1 N–H and O–H groups in total. The van der Waals surface area contributed by atoms with Gasteiger partial charge < -0.3 is 19.5 Å². The molecule has 1 aliphatic carbocycles. The van der Waals surface area contributed by atoms with Gasteiger partial charge in [0.25, 0.3) is 0 Å². The Balaban J connectivity index is 1.53. The minimum atomic E-state index is -0.634. The van der Waals surface area contributed by atoms with Crippen molar-refractivity contribution in [2.75, 3.05) is 18.1 Å². The highest BCUT2D eigenvalue weighted by molar-refractivity contribution is 6.01. The number of aromatic nitrogens is 2. The molecule has 166 valence electrons. The van der Waals surface area contributed by atoms with E-state index in [-0.39, 0.29) is 18.2 Å². The van der Waals surface area contributed by atoms with Crippen LogP contribution in [-0.2, 0) is 15.1 Å². The van der Waals surface area contributed by atoms with Gasteiger partial charge >= 0.3 is 0 Å². The smallest absolute Gasteiger partial charge is 0.227 e. The first-order valence-corrected chi connectivity index (χ1v) is 11.2. The highest BCUT2D eigenvalue weighted by Gasteiger charge is 2.43. The topological polar surface area (TPSA) is 97.6 Å². The number of benzene rings is 1. The summed E-state index contributed by atoms with van der Waals surface area (Å²) in [6.45, 7) is 4.50. The van der Waals surface area contributed by atoms with Gasteiger partial charge in [0.05, 0.1) is 18.2 Å². The molecule has 1 atom stereocenters. The van der Waals surface area contributed by atoms with Crippen LogP contribution >= 0.6 is 0 Å². The van der Waals surface area contributed by atoms with Gasteiger partial charge in [0.2, 0.25) is 17.7 Å². The molecular weight excluding hydrogens is 396 g/mol. The first kappa shape index (κ1) is 21.3. The Morgan fingerprint density at radius 3 is 2.68 bits per heavy atom. The van der Waals surface area contributed by atoms with E-state index in [9.17, 15) is 9.59 Å². The summed E-state index contributed by atoms with van der Waals surface area (Å²) in [5.74, 6) is 1.05. The number of ether oxygens (including phenoxy) is 1. The predicted molar refractivity (Wildman–Crippen MR) is 115 cm³/mol. The average Bonchev–Trinajstić information content (AvgIpc) is 3.29. The van der Waals surface area contributed by atoms with Gasteiger partial charge in [-0.15, -0.1) is 0 Å². The molecule has 2 aliphatic rings. The monoisotopic (exact) mass is 426 g/mol. The Labute approximate surface area is 182 Å². The summed E-state index contributed by atoms with van der Waals surface area (Å²) >= 11 is 0. The lowest BCUT2D eigenvalue weighted by Gasteiger charge is -2.32. The molecule has 2 heterocycles. The lowest BCUT2D eigenvalue weighted by molar-refractivity contribution is -0.128. The molecule has 1 unspecified atom stereocenters.